The number of hydrogen-bond acceptors (Lipinski definition) is 3. The third kappa shape index (κ3) is 7.21. The first kappa shape index (κ1) is 23.5. The molecule has 0 saturated heterocycles. The number of carbonyl (C=O) groups is 2. The molecule has 0 fully saturated rings. The minimum absolute atomic E-state index is 0.107. The smallest absolute Gasteiger partial charge is 0.261 e. The van der Waals surface area contributed by atoms with Crippen LogP contribution in [-0.4, -0.2) is 41.4 Å². The quantitative estimate of drug-likeness (QED) is 0.714. The van der Waals surface area contributed by atoms with Crippen LogP contribution in [-0.2, 0) is 16.0 Å². The van der Waals surface area contributed by atoms with Crippen molar-refractivity contribution >= 4 is 11.8 Å². The standard InChI is InChI=1S/C25H34N2O3/c1-18-12-13-22(16-19(18)2)30-17-23(28)27(15-14-21-10-8-7-9-11-21)20(3)24(29)26-25(4,5)6/h7-13,16,20H,14-15,17H2,1-6H3,(H,26,29)/t20-/m0/s1. The number of rotatable bonds is 8. The molecule has 162 valence electrons. The Morgan fingerprint density at radius 3 is 2.30 bits per heavy atom. The van der Waals surface area contributed by atoms with Crippen LogP contribution >= 0.6 is 0 Å². The molecule has 5 heteroatoms. The number of ether oxygens (including phenoxy) is 1. The van der Waals surface area contributed by atoms with E-state index in [4.69, 9.17) is 4.74 Å². The van der Waals surface area contributed by atoms with Crippen LogP contribution in [0, 0.1) is 13.8 Å². The van der Waals surface area contributed by atoms with Gasteiger partial charge in [0.1, 0.15) is 11.8 Å². The van der Waals surface area contributed by atoms with Gasteiger partial charge in [0.05, 0.1) is 0 Å². The summed E-state index contributed by atoms with van der Waals surface area (Å²) >= 11 is 0. The van der Waals surface area contributed by atoms with Crippen LogP contribution in [0.4, 0.5) is 0 Å². The highest BCUT2D eigenvalue weighted by Gasteiger charge is 2.28. The summed E-state index contributed by atoms with van der Waals surface area (Å²) in [6.07, 6.45) is 0.670. The summed E-state index contributed by atoms with van der Waals surface area (Å²) in [4.78, 5) is 27.4. The van der Waals surface area contributed by atoms with Gasteiger partial charge in [0.25, 0.3) is 5.91 Å². The lowest BCUT2D eigenvalue weighted by Crippen LogP contribution is -2.53. The second kappa shape index (κ2) is 10.3. The van der Waals surface area contributed by atoms with E-state index in [0.717, 1.165) is 11.1 Å². The van der Waals surface area contributed by atoms with Gasteiger partial charge in [0.2, 0.25) is 5.91 Å². The van der Waals surface area contributed by atoms with E-state index < -0.39 is 6.04 Å². The Morgan fingerprint density at radius 2 is 1.70 bits per heavy atom. The fraction of sp³-hybridized carbons (Fsp3) is 0.440. The third-order valence-electron chi connectivity index (χ3n) is 4.99. The van der Waals surface area contributed by atoms with E-state index in [0.29, 0.717) is 18.7 Å². The molecule has 30 heavy (non-hydrogen) atoms. The minimum Gasteiger partial charge on any atom is -0.484 e. The zero-order chi connectivity index (χ0) is 22.3. The molecule has 5 nitrogen and oxygen atoms in total. The Kier molecular flexibility index (Phi) is 8.04. The highest BCUT2D eigenvalue weighted by Crippen LogP contribution is 2.17. The number of benzene rings is 2. The Balaban J connectivity index is 2.10. The predicted molar refractivity (Wildman–Crippen MR) is 121 cm³/mol. The van der Waals surface area contributed by atoms with E-state index in [-0.39, 0.29) is 24.0 Å². The first-order valence-electron chi connectivity index (χ1n) is 10.4. The Hall–Kier alpha value is -2.82. The highest BCUT2D eigenvalue weighted by molar-refractivity contribution is 5.88. The SMILES string of the molecule is Cc1ccc(OCC(=O)N(CCc2ccccc2)[C@@H](C)C(=O)NC(C)(C)C)cc1C. The topological polar surface area (TPSA) is 58.6 Å². The molecule has 1 N–H and O–H groups in total. The molecule has 0 aliphatic carbocycles. The van der Waals surface area contributed by atoms with Gasteiger partial charge in [-0.3, -0.25) is 9.59 Å². The van der Waals surface area contributed by atoms with Gasteiger partial charge in [0.15, 0.2) is 6.61 Å². The molecule has 0 unspecified atom stereocenters. The largest absolute Gasteiger partial charge is 0.484 e. The predicted octanol–water partition coefficient (Wildman–Crippen LogP) is 4.06. The third-order valence-corrected chi connectivity index (χ3v) is 4.99. The van der Waals surface area contributed by atoms with Gasteiger partial charge in [-0.15, -0.1) is 0 Å². The molecule has 1 atom stereocenters. The first-order chi connectivity index (χ1) is 14.1. The fourth-order valence-corrected chi connectivity index (χ4v) is 3.08. The fourth-order valence-electron chi connectivity index (χ4n) is 3.08. The average molecular weight is 411 g/mol. The van der Waals surface area contributed by atoms with Gasteiger partial charge in [-0.2, -0.15) is 0 Å². The number of carbonyl (C=O) groups excluding carboxylic acids is 2. The molecule has 0 aliphatic heterocycles. The van der Waals surface area contributed by atoms with E-state index >= 15 is 0 Å². The normalized spacial score (nSPS) is 12.2. The number of amides is 2. The summed E-state index contributed by atoms with van der Waals surface area (Å²) < 4.78 is 5.74. The number of hydrogen-bond donors (Lipinski definition) is 1. The van der Waals surface area contributed by atoms with Crippen molar-refractivity contribution in [1.82, 2.24) is 10.2 Å². The van der Waals surface area contributed by atoms with Crippen LogP contribution in [0.25, 0.3) is 0 Å². The summed E-state index contributed by atoms with van der Waals surface area (Å²) in [7, 11) is 0. The van der Waals surface area contributed by atoms with Crippen molar-refractivity contribution in [2.75, 3.05) is 13.2 Å². The maximum atomic E-state index is 13.0. The number of nitrogens with zero attached hydrogens (tertiary/aromatic N) is 1. The van der Waals surface area contributed by atoms with Gasteiger partial charge in [-0.1, -0.05) is 36.4 Å². The molecule has 0 bridgehead atoms. The molecule has 0 radical (unpaired) electrons. The summed E-state index contributed by atoms with van der Waals surface area (Å²) in [5, 5.41) is 2.97. The van der Waals surface area contributed by atoms with Crippen molar-refractivity contribution in [3.05, 3.63) is 65.2 Å². The molecular weight excluding hydrogens is 376 g/mol. The first-order valence-corrected chi connectivity index (χ1v) is 10.4. The molecular formula is C25H34N2O3. The molecule has 2 aromatic rings. The lowest BCUT2D eigenvalue weighted by Gasteiger charge is -2.31. The highest BCUT2D eigenvalue weighted by atomic mass is 16.5. The van der Waals surface area contributed by atoms with Crippen LogP contribution in [0.3, 0.4) is 0 Å². The lowest BCUT2D eigenvalue weighted by atomic mass is 10.1. The maximum Gasteiger partial charge on any atom is 0.261 e. The van der Waals surface area contributed by atoms with E-state index in [1.165, 1.54) is 5.56 Å². The lowest BCUT2D eigenvalue weighted by molar-refractivity contribution is -0.142. The van der Waals surface area contributed by atoms with Crippen molar-refractivity contribution in [3.8, 4) is 5.75 Å². The summed E-state index contributed by atoms with van der Waals surface area (Å²) in [5.41, 5.74) is 3.04. The van der Waals surface area contributed by atoms with Gasteiger partial charge in [0, 0.05) is 12.1 Å². The van der Waals surface area contributed by atoms with Crippen LogP contribution in [0.15, 0.2) is 48.5 Å². The average Bonchev–Trinajstić information content (AvgIpc) is 2.68. The monoisotopic (exact) mass is 410 g/mol. The number of nitrogens with one attached hydrogen (secondary N) is 1. The Bertz CT molecular complexity index is 856. The van der Waals surface area contributed by atoms with E-state index in [2.05, 4.69) is 5.32 Å². The van der Waals surface area contributed by atoms with E-state index in [9.17, 15) is 9.59 Å². The van der Waals surface area contributed by atoms with Gasteiger partial charge in [-0.05, 0) is 76.8 Å². The van der Waals surface area contributed by atoms with Crippen molar-refractivity contribution in [2.45, 2.75) is 59.5 Å². The van der Waals surface area contributed by atoms with Crippen LogP contribution < -0.4 is 10.1 Å². The van der Waals surface area contributed by atoms with Crippen molar-refractivity contribution < 1.29 is 14.3 Å². The van der Waals surface area contributed by atoms with E-state index in [1.807, 2.05) is 83.1 Å². The molecule has 0 heterocycles. The van der Waals surface area contributed by atoms with Gasteiger partial charge >= 0.3 is 0 Å². The van der Waals surface area contributed by atoms with Crippen LogP contribution in [0.5, 0.6) is 5.75 Å². The zero-order valence-electron chi connectivity index (χ0n) is 19.0. The summed E-state index contributed by atoms with van der Waals surface area (Å²) in [5.74, 6) is 0.275. The van der Waals surface area contributed by atoms with Crippen LogP contribution in [0.1, 0.15) is 44.4 Å². The Labute approximate surface area is 180 Å². The van der Waals surface area contributed by atoms with Crippen molar-refractivity contribution in [2.24, 2.45) is 0 Å². The minimum atomic E-state index is -0.594. The zero-order valence-corrected chi connectivity index (χ0v) is 19.0. The van der Waals surface area contributed by atoms with Gasteiger partial charge in [-0.25, -0.2) is 0 Å². The van der Waals surface area contributed by atoms with Crippen molar-refractivity contribution in [1.29, 1.82) is 0 Å². The maximum absolute atomic E-state index is 13.0. The van der Waals surface area contributed by atoms with Crippen LogP contribution in [0.2, 0.25) is 0 Å². The molecule has 0 spiro atoms. The number of aryl methyl sites for hydroxylation is 2. The molecule has 2 rings (SSSR count). The molecule has 0 aliphatic rings. The molecule has 2 aromatic carbocycles. The molecule has 0 aromatic heterocycles. The molecule has 2 amide bonds. The van der Waals surface area contributed by atoms with Crippen molar-refractivity contribution in [3.63, 3.8) is 0 Å². The summed E-state index contributed by atoms with van der Waals surface area (Å²) in [6.45, 7) is 11.9. The Morgan fingerprint density at radius 1 is 1.03 bits per heavy atom. The second-order valence-electron chi connectivity index (χ2n) is 8.77. The van der Waals surface area contributed by atoms with Gasteiger partial charge < -0.3 is 15.0 Å². The second-order valence-corrected chi connectivity index (χ2v) is 8.77. The van der Waals surface area contributed by atoms with E-state index in [1.54, 1.807) is 11.8 Å². The summed E-state index contributed by atoms with van der Waals surface area (Å²) in [6, 6.07) is 15.1. The molecule has 0 saturated carbocycles.